The topological polar surface area (TPSA) is 3.24 Å². The van der Waals surface area contributed by atoms with Crippen LogP contribution >= 0.6 is 0 Å². The van der Waals surface area contributed by atoms with Crippen molar-refractivity contribution in [1.82, 2.24) is 4.90 Å². The van der Waals surface area contributed by atoms with E-state index in [-0.39, 0.29) is 0 Å². The van der Waals surface area contributed by atoms with E-state index in [0.29, 0.717) is 0 Å². The molecule has 0 aromatic heterocycles. The van der Waals surface area contributed by atoms with Crippen molar-refractivity contribution < 1.29 is 0 Å². The number of allylic oxidation sites excluding steroid dienone is 1. The molecular weight excluding hydrogens is 134 g/mol. The number of hydrogen-bond donors (Lipinski definition) is 0. The quantitative estimate of drug-likeness (QED) is 0.563. The van der Waals surface area contributed by atoms with Crippen molar-refractivity contribution in [3.63, 3.8) is 0 Å². The van der Waals surface area contributed by atoms with E-state index in [4.69, 9.17) is 0 Å². The summed E-state index contributed by atoms with van der Waals surface area (Å²) < 4.78 is 0. The molecule has 0 bridgehead atoms. The van der Waals surface area contributed by atoms with Crippen molar-refractivity contribution in [1.29, 1.82) is 0 Å². The molecule has 1 saturated heterocycles. The molecule has 1 nitrogen and oxygen atoms in total. The van der Waals surface area contributed by atoms with Crippen LogP contribution < -0.4 is 0 Å². The van der Waals surface area contributed by atoms with E-state index < -0.39 is 0 Å². The minimum Gasteiger partial charge on any atom is -0.303 e. The largest absolute Gasteiger partial charge is 0.303 e. The van der Waals surface area contributed by atoms with Crippen molar-refractivity contribution in [3.05, 3.63) is 12.2 Å². The molecule has 11 heavy (non-hydrogen) atoms. The monoisotopic (exact) mass is 153 g/mol. The third kappa shape index (κ3) is 2.66. The van der Waals surface area contributed by atoms with Crippen molar-refractivity contribution in [3.8, 4) is 0 Å². The Morgan fingerprint density at radius 3 is 2.82 bits per heavy atom. The molecule has 1 heteroatoms. The Morgan fingerprint density at radius 2 is 2.36 bits per heavy atom. The predicted octanol–water partition coefficient (Wildman–Crippen LogP) is 2.44. The van der Waals surface area contributed by atoms with Gasteiger partial charge in [-0.05, 0) is 46.2 Å². The molecule has 1 rings (SSSR count). The summed E-state index contributed by atoms with van der Waals surface area (Å²) in [5.41, 5.74) is 1.32. The van der Waals surface area contributed by atoms with Crippen LogP contribution in [0.3, 0.4) is 0 Å². The molecule has 0 aromatic carbocycles. The van der Waals surface area contributed by atoms with Gasteiger partial charge in [0.25, 0.3) is 0 Å². The average molecular weight is 153 g/mol. The fraction of sp³-hybridized carbons (Fsp3) is 0.800. The first kappa shape index (κ1) is 8.79. The second kappa shape index (κ2) is 3.91. The fourth-order valence-electron chi connectivity index (χ4n) is 1.76. The molecule has 0 amide bonds. The van der Waals surface area contributed by atoms with Crippen LogP contribution in [0.15, 0.2) is 12.2 Å². The lowest BCUT2D eigenvalue weighted by atomic mass is 10.1. The molecule has 1 aliphatic heterocycles. The molecule has 1 atom stereocenters. The Kier molecular flexibility index (Phi) is 3.13. The van der Waals surface area contributed by atoms with Gasteiger partial charge in [-0.2, -0.15) is 0 Å². The standard InChI is InChI=1S/C10H19N/c1-9(2)6-7-10-5-4-8-11(10)3/h10H,1,4-8H2,2-3H3/t10-/m1/s1. The van der Waals surface area contributed by atoms with E-state index in [1.54, 1.807) is 0 Å². The summed E-state index contributed by atoms with van der Waals surface area (Å²) in [5, 5.41) is 0. The maximum atomic E-state index is 3.92. The second-order valence-electron chi connectivity index (χ2n) is 3.77. The lowest BCUT2D eigenvalue weighted by molar-refractivity contribution is 0.296. The van der Waals surface area contributed by atoms with Crippen molar-refractivity contribution in [2.45, 2.75) is 38.6 Å². The first-order chi connectivity index (χ1) is 5.20. The highest BCUT2D eigenvalue weighted by atomic mass is 15.1. The van der Waals surface area contributed by atoms with Gasteiger partial charge >= 0.3 is 0 Å². The van der Waals surface area contributed by atoms with Crippen molar-refractivity contribution in [2.24, 2.45) is 0 Å². The van der Waals surface area contributed by atoms with E-state index in [1.807, 2.05) is 0 Å². The molecule has 1 fully saturated rings. The van der Waals surface area contributed by atoms with Gasteiger partial charge in [-0.1, -0.05) is 5.57 Å². The molecule has 0 spiro atoms. The van der Waals surface area contributed by atoms with Crippen LogP contribution in [0.5, 0.6) is 0 Å². The fourth-order valence-corrected chi connectivity index (χ4v) is 1.76. The Morgan fingerprint density at radius 1 is 1.64 bits per heavy atom. The summed E-state index contributed by atoms with van der Waals surface area (Å²) in [6.07, 6.45) is 5.29. The zero-order chi connectivity index (χ0) is 8.27. The third-order valence-electron chi connectivity index (χ3n) is 2.58. The van der Waals surface area contributed by atoms with Crippen molar-refractivity contribution in [2.75, 3.05) is 13.6 Å². The van der Waals surface area contributed by atoms with E-state index in [1.165, 1.54) is 37.8 Å². The highest BCUT2D eigenvalue weighted by Gasteiger charge is 2.19. The summed E-state index contributed by atoms with van der Waals surface area (Å²) in [5.74, 6) is 0. The van der Waals surface area contributed by atoms with Crippen LogP contribution in [0.1, 0.15) is 32.6 Å². The van der Waals surface area contributed by atoms with Gasteiger partial charge in [0.1, 0.15) is 0 Å². The minimum atomic E-state index is 0.840. The molecule has 0 aromatic rings. The van der Waals surface area contributed by atoms with Gasteiger partial charge in [0.2, 0.25) is 0 Å². The molecule has 64 valence electrons. The van der Waals surface area contributed by atoms with Crippen LogP contribution in [0.4, 0.5) is 0 Å². The number of likely N-dealkylation sites (tertiary alicyclic amines) is 1. The lowest BCUT2D eigenvalue weighted by Crippen LogP contribution is -2.24. The molecule has 0 radical (unpaired) electrons. The zero-order valence-corrected chi connectivity index (χ0v) is 7.77. The highest BCUT2D eigenvalue weighted by molar-refractivity contribution is 4.90. The number of hydrogen-bond acceptors (Lipinski definition) is 1. The van der Waals surface area contributed by atoms with Crippen LogP contribution in [0.25, 0.3) is 0 Å². The summed E-state index contributed by atoms with van der Waals surface area (Å²) in [6.45, 7) is 7.34. The normalized spacial score (nSPS) is 25.8. The maximum absolute atomic E-state index is 3.92. The van der Waals surface area contributed by atoms with E-state index in [2.05, 4.69) is 25.5 Å². The molecule has 1 aliphatic rings. The molecule has 0 unspecified atom stereocenters. The lowest BCUT2D eigenvalue weighted by Gasteiger charge is -2.18. The number of nitrogens with zero attached hydrogens (tertiary/aromatic N) is 1. The van der Waals surface area contributed by atoms with Gasteiger partial charge < -0.3 is 4.90 Å². The van der Waals surface area contributed by atoms with E-state index in [9.17, 15) is 0 Å². The van der Waals surface area contributed by atoms with Gasteiger partial charge in [0.05, 0.1) is 0 Å². The maximum Gasteiger partial charge on any atom is 0.00957 e. The minimum absolute atomic E-state index is 0.840. The Hall–Kier alpha value is -0.300. The van der Waals surface area contributed by atoms with Crippen LogP contribution in [-0.2, 0) is 0 Å². The van der Waals surface area contributed by atoms with Crippen molar-refractivity contribution >= 4 is 0 Å². The Balaban J connectivity index is 2.20. The van der Waals surface area contributed by atoms with Gasteiger partial charge in [0.15, 0.2) is 0 Å². The first-order valence-electron chi connectivity index (χ1n) is 4.55. The van der Waals surface area contributed by atoms with Gasteiger partial charge in [-0.3, -0.25) is 0 Å². The third-order valence-corrected chi connectivity index (χ3v) is 2.58. The molecule has 1 heterocycles. The summed E-state index contributed by atoms with van der Waals surface area (Å²) in [4.78, 5) is 2.48. The Labute approximate surface area is 70.1 Å². The second-order valence-corrected chi connectivity index (χ2v) is 3.77. The highest BCUT2D eigenvalue weighted by Crippen LogP contribution is 2.20. The van der Waals surface area contributed by atoms with Crippen LogP contribution in [-0.4, -0.2) is 24.5 Å². The molecule has 0 aliphatic carbocycles. The first-order valence-corrected chi connectivity index (χ1v) is 4.55. The molecular formula is C10H19N. The van der Waals surface area contributed by atoms with Gasteiger partial charge in [-0.15, -0.1) is 6.58 Å². The smallest absolute Gasteiger partial charge is 0.00957 e. The summed E-state index contributed by atoms with van der Waals surface area (Å²) in [7, 11) is 2.23. The predicted molar refractivity (Wildman–Crippen MR) is 49.7 cm³/mol. The molecule has 0 saturated carbocycles. The summed E-state index contributed by atoms with van der Waals surface area (Å²) >= 11 is 0. The molecule has 0 N–H and O–H groups in total. The van der Waals surface area contributed by atoms with Gasteiger partial charge in [0, 0.05) is 6.04 Å². The number of rotatable bonds is 3. The summed E-state index contributed by atoms with van der Waals surface area (Å²) in [6, 6.07) is 0.840. The van der Waals surface area contributed by atoms with E-state index >= 15 is 0 Å². The SMILES string of the molecule is C=C(C)CC[C@H]1CCCN1C. The van der Waals surface area contributed by atoms with Crippen LogP contribution in [0.2, 0.25) is 0 Å². The average Bonchev–Trinajstić information content (AvgIpc) is 2.31. The van der Waals surface area contributed by atoms with E-state index in [0.717, 1.165) is 6.04 Å². The van der Waals surface area contributed by atoms with Crippen LogP contribution in [0, 0.1) is 0 Å². The Bertz CT molecular complexity index is 140. The van der Waals surface area contributed by atoms with Gasteiger partial charge in [-0.25, -0.2) is 0 Å². The zero-order valence-electron chi connectivity index (χ0n) is 7.77.